The highest BCUT2D eigenvalue weighted by atomic mass is 16.1. The summed E-state index contributed by atoms with van der Waals surface area (Å²) in [6.07, 6.45) is 6.63. The normalized spacial score (nSPS) is 34.8. The maximum atomic E-state index is 12.3. The van der Waals surface area contributed by atoms with Crippen molar-refractivity contribution in [1.29, 1.82) is 5.26 Å². The van der Waals surface area contributed by atoms with Gasteiger partial charge in [-0.2, -0.15) is 5.26 Å². The van der Waals surface area contributed by atoms with E-state index in [0.29, 0.717) is 6.42 Å². The molecule has 22 heavy (non-hydrogen) atoms. The van der Waals surface area contributed by atoms with Gasteiger partial charge in [-0.1, -0.05) is 36.4 Å². The number of carbonyl (C=O) groups is 1. The molecule has 2 unspecified atom stereocenters. The molecule has 3 heteroatoms. The van der Waals surface area contributed by atoms with Crippen LogP contribution in [-0.2, 0) is 10.2 Å². The van der Waals surface area contributed by atoms with Crippen molar-refractivity contribution < 1.29 is 4.79 Å². The number of primary amides is 1. The highest BCUT2D eigenvalue weighted by molar-refractivity contribution is 5.86. The third kappa shape index (κ3) is 1.33. The van der Waals surface area contributed by atoms with Gasteiger partial charge in [0.25, 0.3) is 0 Å². The van der Waals surface area contributed by atoms with Gasteiger partial charge < -0.3 is 5.73 Å². The van der Waals surface area contributed by atoms with Gasteiger partial charge in [-0.15, -0.1) is 0 Å². The van der Waals surface area contributed by atoms with E-state index in [2.05, 4.69) is 24.3 Å². The standard InChI is InChI=1S/C19H18N2O/c1-18(17(21)22)10-19(11-20)14-8-4-2-6-12(14)16(18)13-7-3-5-9-15(13)19/h2-4,6-8,16H,5,9-10H2,1H3,(H2,21,22)/t16-,18?,19?/m0/s1. The van der Waals surface area contributed by atoms with Gasteiger partial charge >= 0.3 is 0 Å². The fraction of sp³-hybridized carbons (Fsp3) is 0.368. The van der Waals surface area contributed by atoms with E-state index in [4.69, 9.17) is 5.73 Å². The summed E-state index contributed by atoms with van der Waals surface area (Å²) in [5, 5.41) is 10.1. The predicted molar refractivity (Wildman–Crippen MR) is 83.8 cm³/mol. The Morgan fingerprint density at radius 3 is 2.91 bits per heavy atom. The lowest BCUT2D eigenvalue weighted by molar-refractivity contribution is -0.129. The van der Waals surface area contributed by atoms with Crippen LogP contribution in [0.4, 0.5) is 0 Å². The number of hydrogen-bond donors (Lipinski definition) is 1. The number of nitriles is 1. The Morgan fingerprint density at radius 1 is 1.41 bits per heavy atom. The van der Waals surface area contributed by atoms with Crippen LogP contribution in [-0.4, -0.2) is 5.91 Å². The first-order chi connectivity index (χ1) is 10.5. The first-order valence-electron chi connectivity index (χ1n) is 7.75. The monoisotopic (exact) mass is 290 g/mol. The second kappa shape index (κ2) is 4.10. The van der Waals surface area contributed by atoms with Crippen molar-refractivity contribution in [3.05, 3.63) is 58.7 Å². The molecule has 5 rings (SSSR count). The lowest BCUT2D eigenvalue weighted by atomic mass is 9.46. The topological polar surface area (TPSA) is 66.9 Å². The molecule has 4 aliphatic carbocycles. The largest absolute Gasteiger partial charge is 0.369 e. The third-order valence-electron chi connectivity index (χ3n) is 5.79. The Bertz CT molecular complexity index is 798. The summed E-state index contributed by atoms with van der Waals surface area (Å²) in [6, 6.07) is 10.6. The number of hydrogen-bond acceptors (Lipinski definition) is 2. The molecule has 0 radical (unpaired) electrons. The lowest BCUT2D eigenvalue weighted by Gasteiger charge is -2.55. The fourth-order valence-corrected chi connectivity index (χ4v) is 4.82. The van der Waals surface area contributed by atoms with Crippen molar-refractivity contribution in [1.82, 2.24) is 0 Å². The molecule has 4 aliphatic rings. The molecule has 0 saturated heterocycles. The molecule has 2 bridgehead atoms. The number of amides is 1. The van der Waals surface area contributed by atoms with Crippen molar-refractivity contribution in [2.45, 2.75) is 37.5 Å². The zero-order valence-electron chi connectivity index (χ0n) is 12.6. The highest BCUT2D eigenvalue weighted by Gasteiger charge is 2.60. The molecule has 1 amide bonds. The van der Waals surface area contributed by atoms with Gasteiger partial charge in [-0.05, 0) is 48.5 Å². The van der Waals surface area contributed by atoms with Gasteiger partial charge in [-0.25, -0.2) is 0 Å². The van der Waals surface area contributed by atoms with Crippen LogP contribution in [0.1, 0.15) is 43.2 Å². The summed E-state index contributed by atoms with van der Waals surface area (Å²) < 4.78 is 0. The molecule has 0 fully saturated rings. The Kier molecular flexibility index (Phi) is 2.49. The lowest BCUT2D eigenvalue weighted by Crippen LogP contribution is -2.54. The van der Waals surface area contributed by atoms with Crippen LogP contribution in [0, 0.1) is 16.7 Å². The molecule has 110 valence electrons. The summed E-state index contributed by atoms with van der Waals surface area (Å²) in [7, 11) is 0. The van der Waals surface area contributed by atoms with E-state index in [0.717, 1.165) is 29.5 Å². The number of fused-ring (bicyclic) bond motifs is 1. The first kappa shape index (κ1) is 13.3. The smallest absolute Gasteiger partial charge is 0.224 e. The van der Waals surface area contributed by atoms with Crippen molar-refractivity contribution in [2.75, 3.05) is 0 Å². The average molecular weight is 290 g/mol. The Morgan fingerprint density at radius 2 is 2.18 bits per heavy atom. The number of nitrogens with two attached hydrogens (primary N) is 1. The molecule has 2 N–H and O–H groups in total. The van der Waals surface area contributed by atoms with Crippen molar-refractivity contribution in [3.63, 3.8) is 0 Å². The maximum Gasteiger partial charge on any atom is 0.224 e. The van der Waals surface area contributed by atoms with E-state index in [9.17, 15) is 10.1 Å². The fourth-order valence-electron chi connectivity index (χ4n) is 4.82. The van der Waals surface area contributed by atoms with E-state index in [1.807, 2.05) is 25.1 Å². The van der Waals surface area contributed by atoms with Crippen LogP contribution in [0.5, 0.6) is 0 Å². The Hall–Kier alpha value is -2.34. The van der Waals surface area contributed by atoms with Gasteiger partial charge in [-0.3, -0.25) is 4.79 Å². The molecule has 0 aliphatic heterocycles. The average Bonchev–Trinajstić information content (AvgIpc) is 2.55. The van der Waals surface area contributed by atoms with Gasteiger partial charge in [0.1, 0.15) is 5.41 Å². The molecule has 3 atom stereocenters. The molecule has 1 aromatic rings. The quantitative estimate of drug-likeness (QED) is 0.863. The molecule has 3 nitrogen and oxygen atoms in total. The van der Waals surface area contributed by atoms with Crippen molar-refractivity contribution in [2.24, 2.45) is 11.1 Å². The minimum absolute atomic E-state index is 0.0250. The zero-order chi connectivity index (χ0) is 15.5. The van der Waals surface area contributed by atoms with Gasteiger partial charge in [0.2, 0.25) is 5.91 Å². The van der Waals surface area contributed by atoms with Crippen molar-refractivity contribution in [3.8, 4) is 6.07 Å². The number of benzene rings is 1. The molecular weight excluding hydrogens is 272 g/mol. The summed E-state index contributed by atoms with van der Waals surface area (Å²) in [4.78, 5) is 12.3. The molecule has 0 spiro atoms. The minimum atomic E-state index is -0.704. The van der Waals surface area contributed by atoms with Crippen LogP contribution in [0.25, 0.3) is 0 Å². The number of carbonyl (C=O) groups excluding carboxylic acids is 1. The summed E-state index contributed by atoms with van der Waals surface area (Å²) in [5.74, 6) is -0.333. The van der Waals surface area contributed by atoms with Crippen LogP contribution in [0.2, 0.25) is 0 Å². The molecule has 1 aromatic carbocycles. The van der Waals surface area contributed by atoms with Crippen LogP contribution in [0.15, 0.2) is 47.6 Å². The highest BCUT2D eigenvalue weighted by Crippen LogP contribution is 2.64. The second-order valence-corrected chi connectivity index (χ2v) is 6.87. The van der Waals surface area contributed by atoms with Gasteiger partial charge in [0.05, 0.1) is 11.5 Å². The SMILES string of the molecule is CC1(C(N)=O)CC2(C#N)C3=C(C=CCC3)[C@@H]1c1ccccc12. The maximum absolute atomic E-state index is 12.3. The Labute approximate surface area is 130 Å². The molecule has 0 heterocycles. The van der Waals surface area contributed by atoms with E-state index in [1.165, 1.54) is 5.57 Å². The third-order valence-corrected chi connectivity index (χ3v) is 5.79. The number of allylic oxidation sites excluding steroid dienone is 4. The minimum Gasteiger partial charge on any atom is -0.369 e. The first-order valence-corrected chi connectivity index (χ1v) is 7.75. The zero-order valence-corrected chi connectivity index (χ0v) is 12.6. The van der Waals surface area contributed by atoms with Crippen LogP contribution in [0.3, 0.4) is 0 Å². The van der Waals surface area contributed by atoms with E-state index >= 15 is 0 Å². The second-order valence-electron chi connectivity index (χ2n) is 6.87. The summed E-state index contributed by atoms with van der Waals surface area (Å²) >= 11 is 0. The van der Waals surface area contributed by atoms with Crippen molar-refractivity contribution >= 4 is 5.91 Å². The summed E-state index contributed by atoms with van der Waals surface area (Å²) in [5.41, 5.74) is 8.92. The molecule has 0 aromatic heterocycles. The van der Waals surface area contributed by atoms with E-state index in [1.54, 1.807) is 0 Å². The van der Waals surface area contributed by atoms with E-state index in [-0.39, 0.29) is 11.8 Å². The van der Waals surface area contributed by atoms with Crippen LogP contribution < -0.4 is 5.73 Å². The van der Waals surface area contributed by atoms with Gasteiger partial charge in [0.15, 0.2) is 0 Å². The molecule has 0 saturated carbocycles. The number of rotatable bonds is 1. The molecular formula is C19H18N2O. The predicted octanol–water partition coefficient (Wildman–Crippen LogP) is 3.09. The Balaban J connectivity index is 2.12. The summed E-state index contributed by atoms with van der Waals surface area (Å²) in [6.45, 7) is 1.92. The van der Waals surface area contributed by atoms with E-state index < -0.39 is 10.8 Å². The van der Waals surface area contributed by atoms with Crippen LogP contribution >= 0.6 is 0 Å². The number of nitrogens with zero attached hydrogens (tertiary/aromatic N) is 1. The van der Waals surface area contributed by atoms with Gasteiger partial charge in [0, 0.05) is 5.92 Å².